The van der Waals surface area contributed by atoms with Crippen LogP contribution in [-0.4, -0.2) is 37.4 Å². The predicted octanol–water partition coefficient (Wildman–Crippen LogP) is 3.36. The Morgan fingerprint density at radius 1 is 1.32 bits per heavy atom. The number of halogens is 1. The third-order valence-electron chi connectivity index (χ3n) is 3.34. The van der Waals surface area contributed by atoms with Gasteiger partial charge in [0.25, 0.3) is 0 Å². The fraction of sp³-hybridized carbons (Fsp3) is 0.222. The number of aryl methyl sites for hydroxylation is 1. The van der Waals surface area contributed by atoms with Gasteiger partial charge in [0.05, 0.1) is 19.3 Å². The first-order chi connectivity index (χ1) is 11.9. The van der Waals surface area contributed by atoms with Crippen LogP contribution < -0.4 is 10.1 Å². The number of nitrogens with zero attached hydrogens (tertiary/aromatic N) is 1. The molecule has 0 spiro atoms. The van der Waals surface area contributed by atoms with E-state index in [0.717, 1.165) is 5.76 Å². The van der Waals surface area contributed by atoms with E-state index in [1.165, 1.54) is 25.1 Å². The van der Waals surface area contributed by atoms with Crippen molar-refractivity contribution in [3.8, 4) is 5.75 Å². The zero-order valence-corrected chi connectivity index (χ0v) is 15.0. The van der Waals surface area contributed by atoms with Gasteiger partial charge < -0.3 is 19.4 Å². The van der Waals surface area contributed by atoms with Crippen molar-refractivity contribution in [1.82, 2.24) is 4.90 Å². The summed E-state index contributed by atoms with van der Waals surface area (Å²) >= 11 is 5.93. The van der Waals surface area contributed by atoms with Crippen molar-refractivity contribution >= 4 is 35.2 Å². The van der Waals surface area contributed by atoms with Gasteiger partial charge in [0.15, 0.2) is 0 Å². The van der Waals surface area contributed by atoms with Gasteiger partial charge in [0.1, 0.15) is 17.3 Å². The molecule has 0 atom stereocenters. The number of hydrogen-bond donors (Lipinski definition) is 1. The maximum atomic E-state index is 12.1. The molecule has 0 aliphatic rings. The van der Waals surface area contributed by atoms with Crippen LogP contribution in [0.1, 0.15) is 11.5 Å². The minimum absolute atomic E-state index is 0.115. The van der Waals surface area contributed by atoms with Gasteiger partial charge in [-0.2, -0.15) is 0 Å². The summed E-state index contributed by atoms with van der Waals surface area (Å²) in [6.07, 6.45) is 2.91. The Kier molecular flexibility index (Phi) is 6.25. The molecule has 2 amide bonds. The second-order valence-electron chi connectivity index (χ2n) is 5.37. The van der Waals surface area contributed by atoms with E-state index in [4.69, 9.17) is 20.8 Å². The van der Waals surface area contributed by atoms with Crippen molar-refractivity contribution < 1.29 is 18.7 Å². The number of amides is 2. The van der Waals surface area contributed by atoms with Gasteiger partial charge >= 0.3 is 0 Å². The summed E-state index contributed by atoms with van der Waals surface area (Å²) in [4.78, 5) is 25.5. The molecule has 0 radical (unpaired) electrons. The number of carbonyl (C=O) groups excluding carboxylic acids is 2. The van der Waals surface area contributed by atoms with Crippen LogP contribution in [-0.2, 0) is 9.59 Å². The van der Waals surface area contributed by atoms with Crippen LogP contribution in [0, 0.1) is 6.92 Å². The second-order valence-corrected chi connectivity index (χ2v) is 5.81. The largest absolute Gasteiger partial charge is 0.495 e. The van der Waals surface area contributed by atoms with Crippen molar-refractivity contribution in [2.45, 2.75) is 6.92 Å². The number of methoxy groups -OCH3 is 1. The molecular weight excluding hydrogens is 344 g/mol. The van der Waals surface area contributed by atoms with Crippen LogP contribution in [0.3, 0.4) is 0 Å². The fourth-order valence-corrected chi connectivity index (χ4v) is 2.26. The van der Waals surface area contributed by atoms with Gasteiger partial charge in [0.2, 0.25) is 11.8 Å². The highest BCUT2D eigenvalue weighted by Gasteiger charge is 2.13. The summed E-state index contributed by atoms with van der Waals surface area (Å²) in [6.45, 7) is 1.70. The van der Waals surface area contributed by atoms with Gasteiger partial charge in [-0.25, -0.2) is 0 Å². The molecule has 0 bridgehead atoms. The van der Waals surface area contributed by atoms with E-state index in [1.54, 1.807) is 36.4 Å². The molecule has 7 heteroatoms. The minimum atomic E-state index is -0.362. The molecule has 1 heterocycles. The molecule has 25 heavy (non-hydrogen) atoms. The molecule has 0 aliphatic heterocycles. The molecule has 6 nitrogen and oxygen atoms in total. The maximum absolute atomic E-state index is 12.1. The van der Waals surface area contributed by atoms with Gasteiger partial charge in [-0.05, 0) is 43.3 Å². The number of rotatable bonds is 6. The standard InChI is InChI=1S/C18H19ClN2O4/c1-12-4-6-14(25-12)7-9-18(23)21(2)11-17(22)20-15-10-13(19)5-8-16(15)24-3/h4-10H,11H2,1-3H3,(H,20,22). The number of carbonyl (C=O) groups is 2. The van der Waals surface area contributed by atoms with E-state index in [0.29, 0.717) is 22.2 Å². The number of nitrogens with one attached hydrogen (secondary N) is 1. The van der Waals surface area contributed by atoms with Crippen molar-refractivity contribution in [2.75, 3.05) is 26.0 Å². The van der Waals surface area contributed by atoms with Gasteiger partial charge in [-0.1, -0.05) is 11.6 Å². The molecule has 0 unspecified atom stereocenters. The van der Waals surface area contributed by atoms with Crippen LogP contribution in [0.4, 0.5) is 5.69 Å². The highest BCUT2D eigenvalue weighted by atomic mass is 35.5. The van der Waals surface area contributed by atoms with E-state index < -0.39 is 0 Å². The van der Waals surface area contributed by atoms with E-state index in [9.17, 15) is 9.59 Å². The number of benzene rings is 1. The summed E-state index contributed by atoms with van der Waals surface area (Å²) in [5.74, 6) is 1.14. The average Bonchev–Trinajstić information content (AvgIpc) is 2.98. The molecule has 2 rings (SSSR count). The number of hydrogen-bond acceptors (Lipinski definition) is 4. The molecule has 0 aliphatic carbocycles. The normalized spacial score (nSPS) is 10.7. The molecule has 0 saturated heterocycles. The Morgan fingerprint density at radius 3 is 2.72 bits per heavy atom. The van der Waals surface area contributed by atoms with Crippen LogP contribution in [0.25, 0.3) is 6.08 Å². The van der Waals surface area contributed by atoms with Crippen LogP contribution in [0.2, 0.25) is 5.02 Å². The number of furan rings is 1. The number of likely N-dealkylation sites (N-methyl/N-ethyl adjacent to an activating group) is 1. The maximum Gasteiger partial charge on any atom is 0.246 e. The Morgan fingerprint density at radius 2 is 2.08 bits per heavy atom. The highest BCUT2D eigenvalue weighted by Crippen LogP contribution is 2.27. The van der Waals surface area contributed by atoms with E-state index in [1.807, 2.05) is 6.92 Å². The third-order valence-corrected chi connectivity index (χ3v) is 3.58. The number of ether oxygens (including phenoxy) is 1. The zero-order chi connectivity index (χ0) is 18.4. The SMILES string of the molecule is COc1ccc(Cl)cc1NC(=O)CN(C)C(=O)C=Cc1ccc(C)o1. The first-order valence-electron chi connectivity index (χ1n) is 7.52. The molecule has 0 fully saturated rings. The molecule has 2 aromatic rings. The molecule has 1 N–H and O–H groups in total. The lowest BCUT2D eigenvalue weighted by Gasteiger charge is -2.16. The first-order valence-corrected chi connectivity index (χ1v) is 7.90. The minimum Gasteiger partial charge on any atom is -0.495 e. The van der Waals surface area contributed by atoms with E-state index >= 15 is 0 Å². The monoisotopic (exact) mass is 362 g/mol. The summed E-state index contributed by atoms with van der Waals surface area (Å²) in [5, 5.41) is 3.15. The smallest absolute Gasteiger partial charge is 0.246 e. The molecule has 132 valence electrons. The fourth-order valence-electron chi connectivity index (χ4n) is 2.08. The summed E-state index contributed by atoms with van der Waals surface area (Å²) in [6, 6.07) is 8.46. The Labute approximate surface area is 151 Å². The van der Waals surface area contributed by atoms with Crippen molar-refractivity contribution in [3.63, 3.8) is 0 Å². The van der Waals surface area contributed by atoms with Crippen LogP contribution in [0.5, 0.6) is 5.75 Å². The van der Waals surface area contributed by atoms with Gasteiger partial charge in [-0.3, -0.25) is 9.59 Å². The lowest BCUT2D eigenvalue weighted by Crippen LogP contribution is -2.33. The van der Waals surface area contributed by atoms with E-state index in [-0.39, 0.29) is 18.4 Å². The Balaban J connectivity index is 1.94. The topological polar surface area (TPSA) is 71.8 Å². The zero-order valence-electron chi connectivity index (χ0n) is 14.2. The van der Waals surface area contributed by atoms with Gasteiger partial charge in [0, 0.05) is 18.1 Å². The Bertz CT molecular complexity index is 798. The third kappa shape index (κ3) is 5.39. The predicted molar refractivity (Wildman–Crippen MR) is 96.7 cm³/mol. The van der Waals surface area contributed by atoms with Crippen LogP contribution >= 0.6 is 11.6 Å². The van der Waals surface area contributed by atoms with Crippen molar-refractivity contribution in [3.05, 3.63) is 53.0 Å². The van der Waals surface area contributed by atoms with Crippen molar-refractivity contribution in [1.29, 1.82) is 0 Å². The summed E-state index contributed by atoms with van der Waals surface area (Å²) in [5.41, 5.74) is 0.447. The highest BCUT2D eigenvalue weighted by molar-refractivity contribution is 6.31. The molecule has 1 aromatic heterocycles. The lowest BCUT2D eigenvalue weighted by molar-refractivity contribution is -0.129. The molecular formula is C18H19ClN2O4. The van der Waals surface area contributed by atoms with E-state index in [2.05, 4.69) is 5.32 Å². The summed E-state index contributed by atoms with van der Waals surface area (Å²) in [7, 11) is 3.03. The second kappa shape index (κ2) is 8.39. The number of anilines is 1. The average molecular weight is 363 g/mol. The Hall–Kier alpha value is -2.73. The quantitative estimate of drug-likeness (QED) is 0.800. The molecule has 1 aromatic carbocycles. The van der Waals surface area contributed by atoms with Crippen molar-refractivity contribution in [2.24, 2.45) is 0 Å². The molecule has 0 saturated carbocycles. The summed E-state index contributed by atoms with van der Waals surface area (Å²) < 4.78 is 10.5. The lowest BCUT2D eigenvalue weighted by atomic mass is 10.3. The van der Waals surface area contributed by atoms with Crippen LogP contribution in [0.15, 0.2) is 40.8 Å². The van der Waals surface area contributed by atoms with Gasteiger partial charge in [-0.15, -0.1) is 0 Å². The first kappa shape index (κ1) is 18.6.